The van der Waals surface area contributed by atoms with E-state index in [4.69, 9.17) is 4.74 Å². The number of anilines is 1. The van der Waals surface area contributed by atoms with Crippen LogP contribution in [0.3, 0.4) is 0 Å². The van der Waals surface area contributed by atoms with Crippen LogP contribution < -0.4 is 5.32 Å². The van der Waals surface area contributed by atoms with Crippen molar-refractivity contribution in [3.05, 3.63) is 54.4 Å². The Kier molecular flexibility index (Phi) is 5.46. The van der Waals surface area contributed by atoms with Crippen LogP contribution in [0.1, 0.15) is 30.9 Å². The topological polar surface area (TPSA) is 72.3 Å². The molecule has 2 aliphatic heterocycles. The maximum atomic E-state index is 12.5. The number of piperidine rings is 1. The molecule has 7 heteroatoms. The highest BCUT2D eigenvalue weighted by Crippen LogP contribution is 2.28. The van der Waals surface area contributed by atoms with Crippen molar-refractivity contribution in [3.63, 3.8) is 0 Å². The fourth-order valence-corrected chi connectivity index (χ4v) is 4.53. The van der Waals surface area contributed by atoms with Crippen molar-refractivity contribution >= 4 is 22.6 Å². The zero-order valence-corrected chi connectivity index (χ0v) is 17.0. The number of benzene rings is 1. The molecule has 0 radical (unpaired) electrons. The minimum Gasteiger partial charge on any atom is -0.381 e. The number of hydrogen-bond acceptors (Lipinski definition) is 5. The Morgan fingerprint density at radius 2 is 1.97 bits per heavy atom. The summed E-state index contributed by atoms with van der Waals surface area (Å²) in [6, 6.07) is 12.7. The van der Waals surface area contributed by atoms with E-state index < -0.39 is 0 Å². The number of likely N-dealkylation sites (tertiary alicyclic amines) is 1. The molecule has 30 heavy (non-hydrogen) atoms. The minimum absolute atomic E-state index is 0.0372. The van der Waals surface area contributed by atoms with Gasteiger partial charge in [-0.2, -0.15) is 5.10 Å². The first-order chi connectivity index (χ1) is 14.8. The molecule has 3 aromatic rings. The number of nitrogens with zero attached hydrogens (tertiary/aromatic N) is 4. The van der Waals surface area contributed by atoms with Gasteiger partial charge in [-0.25, -0.2) is 4.68 Å². The Morgan fingerprint density at radius 1 is 1.10 bits per heavy atom. The summed E-state index contributed by atoms with van der Waals surface area (Å²) >= 11 is 0. The van der Waals surface area contributed by atoms with Crippen LogP contribution >= 0.6 is 0 Å². The van der Waals surface area contributed by atoms with Crippen molar-refractivity contribution in [3.8, 4) is 0 Å². The zero-order valence-electron chi connectivity index (χ0n) is 17.0. The fourth-order valence-electron chi connectivity index (χ4n) is 4.53. The van der Waals surface area contributed by atoms with Gasteiger partial charge in [0.15, 0.2) is 0 Å². The van der Waals surface area contributed by atoms with E-state index in [1.165, 1.54) is 10.9 Å². The average Bonchev–Trinajstić information content (AvgIpc) is 3.47. The van der Waals surface area contributed by atoms with Gasteiger partial charge in [0.2, 0.25) is 5.91 Å². The van der Waals surface area contributed by atoms with Crippen molar-refractivity contribution in [1.82, 2.24) is 19.7 Å². The normalized spacial score (nSPS) is 20.6. The summed E-state index contributed by atoms with van der Waals surface area (Å²) in [6.45, 7) is 4.09. The van der Waals surface area contributed by atoms with Crippen molar-refractivity contribution in [2.24, 2.45) is 5.92 Å². The number of rotatable bonds is 5. The van der Waals surface area contributed by atoms with Gasteiger partial charge in [0.1, 0.15) is 5.82 Å². The van der Waals surface area contributed by atoms with Crippen molar-refractivity contribution in [1.29, 1.82) is 0 Å². The third-order valence-electron chi connectivity index (χ3n) is 6.24. The van der Waals surface area contributed by atoms with Crippen LogP contribution in [0.5, 0.6) is 0 Å². The first kappa shape index (κ1) is 19.2. The summed E-state index contributed by atoms with van der Waals surface area (Å²) in [6.07, 6.45) is 6.45. The molecule has 2 fully saturated rings. The third-order valence-corrected chi connectivity index (χ3v) is 6.24. The van der Waals surface area contributed by atoms with Gasteiger partial charge in [-0.05, 0) is 30.9 Å². The second-order valence-electron chi connectivity index (χ2n) is 8.21. The van der Waals surface area contributed by atoms with E-state index in [0.717, 1.165) is 50.2 Å². The molecule has 0 bridgehead atoms. The molecule has 7 nitrogen and oxygen atoms in total. The number of carbonyl (C=O) groups is 1. The van der Waals surface area contributed by atoms with Crippen LogP contribution in [0.2, 0.25) is 0 Å². The highest BCUT2D eigenvalue weighted by molar-refractivity contribution is 5.92. The second-order valence-corrected chi connectivity index (χ2v) is 8.21. The van der Waals surface area contributed by atoms with Gasteiger partial charge in [0.25, 0.3) is 0 Å². The number of carbonyl (C=O) groups excluding carboxylic acids is 1. The number of hydrogen-bond donors (Lipinski definition) is 1. The Hall–Kier alpha value is -2.77. The molecule has 2 aromatic heterocycles. The van der Waals surface area contributed by atoms with Crippen molar-refractivity contribution in [2.45, 2.75) is 31.8 Å². The molecule has 0 spiro atoms. The number of fused-ring (bicyclic) bond motifs is 1. The lowest BCUT2D eigenvalue weighted by Crippen LogP contribution is -2.35. The second kappa shape index (κ2) is 8.53. The zero-order chi connectivity index (χ0) is 20.3. The fraction of sp³-hybridized carbons (Fsp3) is 0.435. The van der Waals surface area contributed by atoms with Gasteiger partial charge in [-0.1, -0.05) is 24.3 Å². The van der Waals surface area contributed by atoms with Gasteiger partial charge in [-0.15, -0.1) is 0 Å². The van der Waals surface area contributed by atoms with Crippen molar-refractivity contribution in [2.75, 3.05) is 31.6 Å². The number of para-hydroxylation sites is 1. The molecule has 1 N–H and O–H groups in total. The summed E-state index contributed by atoms with van der Waals surface area (Å²) in [5.74, 6) is 0.781. The van der Waals surface area contributed by atoms with E-state index in [-0.39, 0.29) is 11.8 Å². The van der Waals surface area contributed by atoms with Crippen LogP contribution in [0.4, 0.5) is 5.82 Å². The van der Waals surface area contributed by atoms with Crippen LogP contribution in [0.25, 0.3) is 10.9 Å². The molecule has 0 aliphatic carbocycles. The van der Waals surface area contributed by atoms with E-state index in [2.05, 4.69) is 44.6 Å². The summed E-state index contributed by atoms with van der Waals surface area (Å²) in [4.78, 5) is 19.5. The van der Waals surface area contributed by atoms with Crippen LogP contribution in [-0.2, 0) is 16.1 Å². The third kappa shape index (κ3) is 3.95. The van der Waals surface area contributed by atoms with Gasteiger partial charge in [-0.3, -0.25) is 14.7 Å². The maximum absolute atomic E-state index is 12.5. The van der Waals surface area contributed by atoms with Crippen LogP contribution in [0.15, 0.2) is 48.8 Å². The molecule has 0 saturated carbocycles. The predicted molar refractivity (Wildman–Crippen MR) is 115 cm³/mol. The lowest BCUT2D eigenvalue weighted by Gasteiger charge is -2.33. The van der Waals surface area contributed by atoms with Crippen LogP contribution in [-0.4, -0.2) is 51.9 Å². The maximum Gasteiger partial charge on any atom is 0.231 e. The van der Waals surface area contributed by atoms with Gasteiger partial charge >= 0.3 is 0 Å². The van der Waals surface area contributed by atoms with E-state index in [9.17, 15) is 4.79 Å². The predicted octanol–water partition coefficient (Wildman–Crippen LogP) is 3.24. The molecule has 1 aromatic carbocycles. The van der Waals surface area contributed by atoms with Gasteiger partial charge in [0, 0.05) is 43.9 Å². The number of amides is 1. The average molecular weight is 406 g/mol. The Bertz CT molecular complexity index is 1010. The number of pyridine rings is 1. The minimum atomic E-state index is -0.0514. The monoisotopic (exact) mass is 405 g/mol. The molecule has 1 amide bonds. The molecule has 156 valence electrons. The summed E-state index contributed by atoms with van der Waals surface area (Å²) in [5.41, 5.74) is 2.37. The van der Waals surface area contributed by atoms with Gasteiger partial charge in [0.05, 0.1) is 30.3 Å². The molecule has 0 unspecified atom stereocenters. The van der Waals surface area contributed by atoms with Gasteiger partial charge < -0.3 is 10.1 Å². The highest BCUT2D eigenvalue weighted by atomic mass is 16.5. The Balaban J connectivity index is 1.21. The number of ether oxygens (including phenoxy) is 1. The molecular weight excluding hydrogens is 378 g/mol. The quantitative estimate of drug-likeness (QED) is 0.706. The first-order valence-corrected chi connectivity index (χ1v) is 10.7. The van der Waals surface area contributed by atoms with E-state index in [1.807, 2.05) is 23.0 Å². The number of aromatic nitrogens is 3. The smallest absolute Gasteiger partial charge is 0.231 e. The lowest BCUT2D eigenvalue weighted by molar-refractivity contribution is -0.119. The summed E-state index contributed by atoms with van der Waals surface area (Å²) in [5, 5.41) is 8.76. The standard InChI is InChI=1S/C23H27N5O2/c29-23(19-9-14-30-16-19)26-21-6-11-25-28(21)20-7-12-27(13-8-20)15-18-4-1-3-17-5-2-10-24-22(17)18/h1-6,10-11,19-20H,7-9,12-16H2,(H,26,29)/t19-/m0/s1. The van der Waals surface area contributed by atoms with E-state index >= 15 is 0 Å². The largest absolute Gasteiger partial charge is 0.381 e. The van der Waals surface area contributed by atoms with E-state index in [1.54, 1.807) is 6.20 Å². The summed E-state index contributed by atoms with van der Waals surface area (Å²) in [7, 11) is 0. The first-order valence-electron chi connectivity index (χ1n) is 10.7. The van der Waals surface area contributed by atoms with E-state index in [0.29, 0.717) is 19.3 Å². The highest BCUT2D eigenvalue weighted by Gasteiger charge is 2.27. The molecule has 2 saturated heterocycles. The van der Waals surface area contributed by atoms with Crippen molar-refractivity contribution < 1.29 is 9.53 Å². The molecular formula is C23H27N5O2. The van der Waals surface area contributed by atoms with Crippen LogP contribution in [0, 0.1) is 5.92 Å². The lowest BCUT2D eigenvalue weighted by atomic mass is 10.0. The Morgan fingerprint density at radius 3 is 2.80 bits per heavy atom. The summed E-state index contributed by atoms with van der Waals surface area (Å²) < 4.78 is 7.33. The SMILES string of the molecule is O=C(Nc1ccnn1C1CCN(Cc2cccc3cccnc23)CC1)[C@H]1CCOC1. The number of nitrogens with one attached hydrogen (secondary N) is 1. The molecule has 1 atom stereocenters. The Labute approximate surface area is 176 Å². The molecule has 2 aliphatic rings. The molecule has 4 heterocycles. The molecule has 5 rings (SSSR count).